The van der Waals surface area contributed by atoms with E-state index in [4.69, 9.17) is 4.74 Å². The van der Waals surface area contributed by atoms with Crippen LogP contribution in [0.1, 0.15) is 32.7 Å². The second-order valence-corrected chi connectivity index (χ2v) is 3.73. The Morgan fingerprint density at radius 3 is 2.82 bits per heavy atom. The maximum atomic E-state index is 11.4. The zero-order chi connectivity index (χ0) is 12.4. The number of esters is 1. The minimum Gasteiger partial charge on any atom is -0.545 e. The van der Waals surface area contributed by atoms with E-state index in [1.165, 1.54) is 19.2 Å². The number of carbonyl (C=O) groups excluding carboxylic acids is 2. The number of hydrogen-bond donors (Lipinski definition) is 0. The lowest BCUT2D eigenvalue weighted by Crippen LogP contribution is -2.26. The van der Waals surface area contributed by atoms with E-state index in [0.717, 1.165) is 6.42 Å². The summed E-state index contributed by atoms with van der Waals surface area (Å²) in [5.74, 6) is -1.47. The van der Waals surface area contributed by atoms with Crippen molar-refractivity contribution in [2.45, 2.75) is 12.8 Å². The van der Waals surface area contributed by atoms with Crippen molar-refractivity contribution in [2.24, 2.45) is 0 Å². The third kappa shape index (κ3) is 2.08. The van der Waals surface area contributed by atoms with E-state index in [2.05, 4.69) is 4.74 Å². The van der Waals surface area contributed by atoms with Crippen molar-refractivity contribution in [3.05, 3.63) is 28.8 Å². The number of benzene rings is 1. The zero-order valence-corrected chi connectivity index (χ0v) is 9.32. The molecule has 1 aromatic carbocycles. The Bertz CT molecular complexity index is 478. The number of carboxylic acids is 1. The maximum absolute atomic E-state index is 11.4. The molecule has 0 saturated heterocycles. The highest BCUT2D eigenvalue weighted by Gasteiger charge is 2.19. The number of carbonyl (C=O) groups is 2. The van der Waals surface area contributed by atoms with Crippen molar-refractivity contribution >= 4 is 11.9 Å². The molecule has 0 bridgehead atoms. The van der Waals surface area contributed by atoms with Gasteiger partial charge in [-0.3, -0.25) is 0 Å². The molecule has 0 fully saturated rings. The molecule has 1 heterocycles. The van der Waals surface area contributed by atoms with E-state index in [-0.39, 0.29) is 11.1 Å². The average Bonchev–Trinajstić information content (AvgIpc) is 2.36. The van der Waals surface area contributed by atoms with Gasteiger partial charge >= 0.3 is 5.97 Å². The fourth-order valence-corrected chi connectivity index (χ4v) is 1.88. The number of rotatable bonds is 2. The SMILES string of the molecule is COC(=O)c1cc2c(c(C(=O)[O-])c1)CCCO2. The van der Waals surface area contributed by atoms with Crippen LogP contribution in [0.4, 0.5) is 0 Å². The van der Waals surface area contributed by atoms with Crippen LogP contribution in [0.15, 0.2) is 12.1 Å². The summed E-state index contributed by atoms with van der Waals surface area (Å²) < 4.78 is 9.90. The largest absolute Gasteiger partial charge is 0.545 e. The summed E-state index contributed by atoms with van der Waals surface area (Å²) in [4.78, 5) is 22.4. The van der Waals surface area contributed by atoms with Crippen LogP contribution in [0.25, 0.3) is 0 Å². The molecule has 5 heteroatoms. The van der Waals surface area contributed by atoms with Gasteiger partial charge in [-0.2, -0.15) is 0 Å². The minimum atomic E-state index is -1.31. The van der Waals surface area contributed by atoms with Gasteiger partial charge in [0.2, 0.25) is 0 Å². The first-order valence-electron chi connectivity index (χ1n) is 5.23. The predicted octanol–water partition coefficient (Wildman–Crippen LogP) is 0.162. The van der Waals surface area contributed by atoms with Crippen LogP contribution in [-0.4, -0.2) is 25.7 Å². The summed E-state index contributed by atoms with van der Waals surface area (Å²) in [6.07, 6.45) is 1.37. The van der Waals surface area contributed by atoms with Gasteiger partial charge in [0.05, 0.1) is 25.2 Å². The lowest BCUT2D eigenvalue weighted by Gasteiger charge is -2.21. The molecule has 0 saturated carbocycles. The molecule has 90 valence electrons. The molecule has 0 amide bonds. The van der Waals surface area contributed by atoms with Gasteiger partial charge in [-0.05, 0) is 25.0 Å². The van der Waals surface area contributed by atoms with Gasteiger partial charge in [-0.1, -0.05) is 0 Å². The molecule has 0 aromatic heterocycles. The van der Waals surface area contributed by atoms with Crippen LogP contribution in [0, 0.1) is 0 Å². The lowest BCUT2D eigenvalue weighted by atomic mass is 9.97. The first-order chi connectivity index (χ1) is 8.13. The van der Waals surface area contributed by atoms with Crippen molar-refractivity contribution < 1.29 is 24.2 Å². The zero-order valence-electron chi connectivity index (χ0n) is 9.32. The van der Waals surface area contributed by atoms with E-state index in [9.17, 15) is 14.7 Å². The molecule has 0 spiro atoms. The Labute approximate surface area is 98.0 Å². The van der Waals surface area contributed by atoms with Crippen LogP contribution in [0.3, 0.4) is 0 Å². The van der Waals surface area contributed by atoms with E-state index in [1.807, 2.05) is 0 Å². The summed E-state index contributed by atoms with van der Waals surface area (Å²) in [5, 5.41) is 11.0. The van der Waals surface area contributed by atoms with Crippen molar-refractivity contribution in [2.75, 3.05) is 13.7 Å². The Morgan fingerprint density at radius 2 is 2.18 bits per heavy atom. The van der Waals surface area contributed by atoms with E-state index >= 15 is 0 Å². The summed E-state index contributed by atoms with van der Waals surface area (Å²) in [6.45, 7) is 0.518. The summed E-state index contributed by atoms with van der Waals surface area (Å²) in [7, 11) is 1.24. The Hall–Kier alpha value is -2.04. The van der Waals surface area contributed by atoms with Crippen molar-refractivity contribution in [3.63, 3.8) is 0 Å². The van der Waals surface area contributed by atoms with Gasteiger partial charge in [0.1, 0.15) is 5.75 Å². The molecule has 0 unspecified atom stereocenters. The van der Waals surface area contributed by atoms with Gasteiger partial charge in [-0.25, -0.2) is 4.79 Å². The number of fused-ring (bicyclic) bond motifs is 1. The number of ether oxygens (including phenoxy) is 2. The van der Waals surface area contributed by atoms with Crippen molar-refractivity contribution in [3.8, 4) is 5.75 Å². The molecule has 0 atom stereocenters. The summed E-state index contributed by atoms with van der Waals surface area (Å²) >= 11 is 0. The van der Waals surface area contributed by atoms with E-state index in [0.29, 0.717) is 24.3 Å². The molecule has 0 N–H and O–H groups in total. The molecule has 1 aliphatic heterocycles. The summed E-state index contributed by atoms with van der Waals surface area (Å²) in [6, 6.07) is 2.78. The second-order valence-electron chi connectivity index (χ2n) is 3.73. The molecule has 5 nitrogen and oxygen atoms in total. The fraction of sp³-hybridized carbons (Fsp3) is 0.333. The molecular weight excluding hydrogens is 224 g/mol. The molecular formula is C12H11O5-. The molecule has 2 rings (SSSR count). The Morgan fingerprint density at radius 1 is 1.41 bits per heavy atom. The first-order valence-corrected chi connectivity index (χ1v) is 5.23. The number of carboxylic acid groups (broad SMARTS) is 1. The van der Waals surface area contributed by atoms with Crippen LogP contribution < -0.4 is 9.84 Å². The Balaban J connectivity index is 2.56. The predicted molar refractivity (Wildman–Crippen MR) is 55.9 cm³/mol. The van der Waals surface area contributed by atoms with Crippen molar-refractivity contribution in [1.82, 2.24) is 0 Å². The number of hydrogen-bond acceptors (Lipinski definition) is 5. The molecule has 1 aliphatic rings. The maximum Gasteiger partial charge on any atom is 0.338 e. The van der Waals surface area contributed by atoms with Crippen LogP contribution in [0.5, 0.6) is 5.75 Å². The molecule has 1 aromatic rings. The lowest BCUT2D eigenvalue weighted by molar-refractivity contribution is -0.255. The highest BCUT2D eigenvalue weighted by molar-refractivity contribution is 5.96. The standard InChI is InChI=1S/C12H12O5/c1-16-12(15)7-5-9(11(13)14)8-3-2-4-17-10(8)6-7/h5-6H,2-4H2,1H3,(H,13,14)/p-1. The third-order valence-electron chi connectivity index (χ3n) is 2.68. The molecule has 0 aliphatic carbocycles. The first kappa shape index (κ1) is 11.4. The Kier molecular flexibility index (Phi) is 2.99. The van der Waals surface area contributed by atoms with Gasteiger partial charge < -0.3 is 19.4 Å². The van der Waals surface area contributed by atoms with Crippen LogP contribution >= 0.6 is 0 Å². The summed E-state index contributed by atoms with van der Waals surface area (Å²) in [5.41, 5.74) is 0.749. The van der Waals surface area contributed by atoms with Gasteiger partial charge in [-0.15, -0.1) is 0 Å². The van der Waals surface area contributed by atoms with Crippen LogP contribution in [-0.2, 0) is 11.2 Å². The van der Waals surface area contributed by atoms with E-state index in [1.54, 1.807) is 0 Å². The van der Waals surface area contributed by atoms with E-state index < -0.39 is 11.9 Å². The smallest absolute Gasteiger partial charge is 0.338 e. The number of aromatic carboxylic acids is 1. The quantitative estimate of drug-likeness (QED) is 0.682. The minimum absolute atomic E-state index is 0.00241. The van der Waals surface area contributed by atoms with Gasteiger partial charge in [0.15, 0.2) is 0 Å². The fourth-order valence-electron chi connectivity index (χ4n) is 1.88. The molecule has 0 radical (unpaired) electrons. The topological polar surface area (TPSA) is 75.7 Å². The van der Waals surface area contributed by atoms with Gasteiger partial charge in [0.25, 0.3) is 0 Å². The number of methoxy groups -OCH3 is 1. The normalized spacial score (nSPS) is 13.5. The third-order valence-corrected chi connectivity index (χ3v) is 2.68. The molecule has 17 heavy (non-hydrogen) atoms. The highest BCUT2D eigenvalue weighted by Crippen LogP contribution is 2.29. The average molecular weight is 235 g/mol. The van der Waals surface area contributed by atoms with Crippen LogP contribution in [0.2, 0.25) is 0 Å². The van der Waals surface area contributed by atoms with Crippen molar-refractivity contribution in [1.29, 1.82) is 0 Å². The monoisotopic (exact) mass is 235 g/mol. The highest BCUT2D eigenvalue weighted by atomic mass is 16.5. The second kappa shape index (κ2) is 4.45. The van der Waals surface area contributed by atoms with Gasteiger partial charge in [0, 0.05) is 11.1 Å².